The summed E-state index contributed by atoms with van der Waals surface area (Å²) in [5.74, 6) is -0.412. The van der Waals surface area contributed by atoms with Gasteiger partial charge >= 0.3 is 6.18 Å². The highest BCUT2D eigenvalue weighted by Crippen LogP contribution is 2.38. The average Bonchev–Trinajstić information content (AvgIpc) is 3.36. The number of aryl methyl sites for hydroxylation is 1. The van der Waals surface area contributed by atoms with Gasteiger partial charge in [-0.05, 0) is 31.9 Å². The van der Waals surface area contributed by atoms with Gasteiger partial charge in [-0.15, -0.1) is 21.5 Å². The maximum atomic E-state index is 13.3. The third-order valence-electron chi connectivity index (χ3n) is 5.58. The topological polar surface area (TPSA) is 83.5 Å². The molecule has 1 atom stereocenters. The monoisotopic (exact) mass is 494 g/mol. The summed E-state index contributed by atoms with van der Waals surface area (Å²) >= 11 is 2.04. The molecule has 0 N–H and O–H groups in total. The maximum Gasteiger partial charge on any atom is 0.445 e. The van der Waals surface area contributed by atoms with Gasteiger partial charge in [-0.3, -0.25) is 4.79 Å². The molecule has 7 nitrogen and oxygen atoms in total. The smallest absolute Gasteiger partial charge is 0.342 e. The van der Waals surface area contributed by atoms with Crippen LogP contribution in [0, 0.1) is 12.8 Å². The van der Waals surface area contributed by atoms with Crippen molar-refractivity contribution in [1.29, 1.82) is 0 Å². The molecular weight excluding hydrogens is 473 g/mol. The van der Waals surface area contributed by atoms with E-state index in [4.69, 9.17) is 0 Å². The highest BCUT2D eigenvalue weighted by molar-refractivity contribution is 7.91. The maximum absolute atomic E-state index is 13.3. The lowest BCUT2D eigenvalue weighted by Crippen LogP contribution is -2.52. The lowest BCUT2D eigenvalue weighted by molar-refractivity contribution is -0.139. The van der Waals surface area contributed by atoms with Crippen molar-refractivity contribution in [3.8, 4) is 0 Å². The summed E-state index contributed by atoms with van der Waals surface area (Å²) < 4.78 is 62.3. The van der Waals surface area contributed by atoms with E-state index in [0.717, 1.165) is 9.75 Å². The van der Waals surface area contributed by atoms with Crippen molar-refractivity contribution < 1.29 is 26.4 Å². The molecule has 2 aromatic heterocycles. The standard InChI is InChI=1S/C18H21F3N4O3S3/c1-11-2-3-14(29-11)13-10-24(17-23-22-16(30-17)18(19,20)21)6-7-25(13)15(26)12-4-8-31(27,28)9-5-12/h2-3,12-13H,4-10H2,1H3. The molecule has 2 aliphatic rings. The number of piperazine rings is 1. The van der Waals surface area contributed by atoms with E-state index in [1.165, 1.54) is 11.3 Å². The average molecular weight is 495 g/mol. The number of amides is 1. The molecule has 170 valence electrons. The first-order valence-electron chi connectivity index (χ1n) is 9.76. The Morgan fingerprint density at radius 1 is 1.13 bits per heavy atom. The molecule has 1 unspecified atom stereocenters. The summed E-state index contributed by atoms with van der Waals surface area (Å²) in [4.78, 5) is 18.8. The van der Waals surface area contributed by atoms with E-state index in [9.17, 15) is 26.4 Å². The number of rotatable bonds is 3. The largest absolute Gasteiger partial charge is 0.445 e. The Morgan fingerprint density at radius 2 is 1.84 bits per heavy atom. The molecule has 4 rings (SSSR count). The predicted molar refractivity (Wildman–Crippen MR) is 112 cm³/mol. The Bertz CT molecular complexity index is 1050. The summed E-state index contributed by atoms with van der Waals surface area (Å²) in [5, 5.41) is 6.19. The van der Waals surface area contributed by atoms with Crippen LogP contribution in [0.3, 0.4) is 0 Å². The molecule has 0 aromatic carbocycles. The van der Waals surface area contributed by atoms with Gasteiger partial charge in [0.05, 0.1) is 17.5 Å². The molecule has 4 heterocycles. The van der Waals surface area contributed by atoms with Crippen LogP contribution in [0.5, 0.6) is 0 Å². The van der Waals surface area contributed by atoms with E-state index in [1.807, 2.05) is 19.1 Å². The predicted octanol–water partition coefficient (Wildman–Crippen LogP) is 3.14. The summed E-state index contributed by atoms with van der Waals surface area (Å²) in [6.45, 7) is 2.92. The molecule has 31 heavy (non-hydrogen) atoms. The minimum absolute atomic E-state index is 0.0111. The van der Waals surface area contributed by atoms with Gasteiger partial charge in [0, 0.05) is 35.3 Å². The Kier molecular flexibility index (Phi) is 6.03. The fraction of sp³-hybridized carbons (Fsp3) is 0.611. The molecule has 2 aliphatic heterocycles. The zero-order chi connectivity index (χ0) is 22.4. The van der Waals surface area contributed by atoms with Gasteiger partial charge in [0.15, 0.2) is 0 Å². The summed E-state index contributed by atoms with van der Waals surface area (Å²) in [6, 6.07) is 3.54. The second kappa shape index (κ2) is 8.32. The second-order valence-electron chi connectivity index (χ2n) is 7.76. The summed E-state index contributed by atoms with van der Waals surface area (Å²) in [6.07, 6.45) is -3.93. The van der Waals surface area contributed by atoms with Crippen molar-refractivity contribution in [2.75, 3.05) is 36.0 Å². The normalized spacial score (nSPS) is 22.6. The van der Waals surface area contributed by atoms with E-state index in [-0.39, 0.29) is 34.5 Å². The van der Waals surface area contributed by atoms with Crippen molar-refractivity contribution in [2.45, 2.75) is 32.0 Å². The van der Waals surface area contributed by atoms with Crippen LogP contribution in [-0.2, 0) is 20.8 Å². The number of anilines is 1. The number of halogens is 3. The van der Waals surface area contributed by atoms with Crippen molar-refractivity contribution in [1.82, 2.24) is 15.1 Å². The van der Waals surface area contributed by atoms with E-state index >= 15 is 0 Å². The van der Waals surface area contributed by atoms with Crippen LogP contribution in [0.1, 0.15) is 33.6 Å². The zero-order valence-electron chi connectivity index (χ0n) is 16.6. The minimum atomic E-state index is -4.54. The minimum Gasteiger partial charge on any atom is -0.342 e. The summed E-state index contributed by atoms with van der Waals surface area (Å²) in [5.41, 5.74) is 0. The first kappa shape index (κ1) is 22.5. The van der Waals surface area contributed by atoms with Crippen molar-refractivity contribution in [3.63, 3.8) is 0 Å². The Labute approximate surface area is 185 Å². The molecule has 0 radical (unpaired) electrons. The molecule has 13 heteroatoms. The highest BCUT2D eigenvalue weighted by Gasteiger charge is 2.40. The number of aromatic nitrogens is 2. The first-order chi connectivity index (χ1) is 14.5. The first-order valence-corrected chi connectivity index (χ1v) is 13.2. The lowest BCUT2D eigenvalue weighted by Gasteiger charge is -2.42. The van der Waals surface area contributed by atoms with Crippen molar-refractivity contribution in [2.24, 2.45) is 5.92 Å². The zero-order valence-corrected chi connectivity index (χ0v) is 19.1. The van der Waals surface area contributed by atoms with E-state index in [1.54, 1.807) is 9.80 Å². The van der Waals surface area contributed by atoms with Crippen molar-refractivity contribution >= 4 is 43.5 Å². The fourth-order valence-electron chi connectivity index (χ4n) is 3.93. The molecule has 2 aromatic rings. The fourth-order valence-corrected chi connectivity index (χ4v) is 7.15. The second-order valence-corrected chi connectivity index (χ2v) is 12.3. The third kappa shape index (κ3) is 4.87. The van der Waals surface area contributed by atoms with Crippen LogP contribution in [0.4, 0.5) is 18.3 Å². The van der Waals surface area contributed by atoms with Crippen LogP contribution >= 0.6 is 22.7 Å². The molecule has 0 saturated carbocycles. The Balaban J connectivity index is 1.56. The quantitative estimate of drug-likeness (QED) is 0.652. The number of carbonyl (C=O) groups is 1. The molecule has 0 bridgehead atoms. The van der Waals surface area contributed by atoms with E-state index < -0.39 is 21.0 Å². The number of thiophene rings is 1. The SMILES string of the molecule is Cc1ccc(C2CN(c3nnc(C(F)(F)F)s3)CCN2C(=O)C2CCS(=O)(=O)CC2)s1. The van der Waals surface area contributed by atoms with Gasteiger partial charge in [-0.1, -0.05) is 11.3 Å². The van der Waals surface area contributed by atoms with Crippen molar-refractivity contribution in [3.05, 3.63) is 26.9 Å². The van der Waals surface area contributed by atoms with Gasteiger partial charge in [-0.2, -0.15) is 13.2 Å². The highest BCUT2D eigenvalue weighted by atomic mass is 32.2. The van der Waals surface area contributed by atoms with Gasteiger partial charge < -0.3 is 9.80 Å². The Morgan fingerprint density at radius 3 is 2.42 bits per heavy atom. The molecule has 1 amide bonds. The van der Waals surface area contributed by atoms with Crippen LogP contribution in [0.15, 0.2) is 12.1 Å². The summed E-state index contributed by atoms with van der Waals surface area (Å²) in [7, 11) is -3.08. The van der Waals surface area contributed by atoms with E-state index in [2.05, 4.69) is 10.2 Å². The Hall–Kier alpha value is -1.73. The van der Waals surface area contributed by atoms with Crippen LogP contribution in [0.2, 0.25) is 0 Å². The number of sulfone groups is 1. The molecular formula is C18H21F3N4O3S3. The van der Waals surface area contributed by atoms with E-state index in [0.29, 0.717) is 43.8 Å². The number of nitrogens with zero attached hydrogens (tertiary/aromatic N) is 4. The van der Waals surface area contributed by atoms with Gasteiger partial charge in [0.2, 0.25) is 16.0 Å². The molecule has 2 fully saturated rings. The molecule has 2 saturated heterocycles. The third-order valence-corrected chi connectivity index (χ3v) is 9.43. The number of hydrogen-bond acceptors (Lipinski definition) is 8. The number of alkyl halides is 3. The lowest BCUT2D eigenvalue weighted by atomic mass is 9.98. The van der Waals surface area contributed by atoms with Crippen LogP contribution in [-0.4, -0.2) is 60.6 Å². The van der Waals surface area contributed by atoms with Gasteiger partial charge in [0.25, 0.3) is 0 Å². The molecule has 0 spiro atoms. The molecule has 0 aliphatic carbocycles. The van der Waals surface area contributed by atoms with Gasteiger partial charge in [0.1, 0.15) is 9.84 Å². The van der Waals surface area contributed by atoms with Crippen LogP contribution < -0.4 is 4.90 Å². The van der Waals surface area contributed by atoms with Crippen LogP contribution in [0.25, 0.3) is 0 Å². The number of hydrogen-bond donors (Lipinski definition) is 0. The van der Waals surface area contributed by atoms with Gasteiger partial charge in [-0.25, -0.2) is 8.42 Å². The number of carbonyl (C=O) groups excluding carboxylic acids is 1.